The number of thiophene rings is 1. The molecule has 0 fully saturated rings. The van der Waals surface area contributed by atoms with Crippen molar-refractivity contribution in [3.8, 4) is 16.2 Å². The third-order valence-corrected chi connectivity index (χ3v) is 5.28. The van der Waals surface area contributed by atoms with Gasteiger partial charge in [0, 0.05) is 5.38 Å². The van der Waals surface area contributed by atoms with Crippen molar-refractivity contribution in [3.63, 3.8) is 0 Å². The summed E-state index contributed by atoms with van der Waals surface area (Å²) in [7, 11) is 0. The van der Waals surface area contributed by atoms with E-state index in [2.05, 4.69) is 10.3 Å². The van der Waals surface area contributed by atoms with Gasteiger partial charge in [0.25, 0.3) is 0 Å². The third kappa shape index (κ3) is 4.48. The van der Waals surface area contributed by atoms with Crippen molar-refractivity contribution in [1.29, 1.82) is 0 Å². The van der Waals surface area contributed by atoms with Crippen LogP contribution in [0.25, 0.3) is 10.4 Å². The Balaban J connectivity index is 1.77. The molecule has 6 nitrogen and oxygen atoms in total. The minimum absolute atomic E-state index is 0.186. The molecule has 1 unspecified atom stereocenters. The molecule has 1 atom stereocenters. The fraction of sp³-hybridized carbons (Fsp3) is 0.0625. The van der Waals surface area contributed by atoms with Crippen molar-refractivity contribution in [1.82, 2.24) is 4.98 Å². The van der Waals surface area contributed by atoms with E-state index in [9.17, 15) is 9.59 Å². The van der Waals surface area contributed by atoms with E-state index in [0.717, 1.165) is 38.7 Å². The first-order chi connectivity index (χ1) is 12.0. The average molecular weight is 435 g/mol. The number of nitrogens with zero attached hydrogens (tertiary/aromatic N) is 1. The summed E-state index contributed by atoms with van der Waals surface area (Å²) in [6.07, 6.45) is 0. The molecule has 0 aliphatic heterocycles. The number of hydrogen-bond donors (Lipinski definition) is 2. The summed E-state index contributed by atoms with van der Waals surface area (Å²) in [5.74, 6) is 0.162. The number of primary amides is 1. The summed E-state index contributed by atoms with van der Waals surface area (Å²) >= 11 is 3.76. The fourth-order valence-electron chi connectivity index (χ4n) is 2.10. The average Bonchev–Trinajstić information content (AvgIpc) is 3.22. The molecule has 0 bridgehead atoms. The number of nitrogens with one attached hydrogen (secondary N) is 1. The Hall–Kier alpha value is -2.15. The number of rotatable bonds is 6. The summed E-state index contributed by atoms with van der Waals surface area (Å²) in [5.41, 5.74) is 9.27. The predicted octanol–water partition coefficient (Wildman–Crippen LogP) is 2.71. The van der Waals surface area contributed by atoms with Gasteiger partial charge in [0.05, 0.1) is 5.51 Å². The third-order valence-electron chi connectivity index (χ3n) is 3.24. The van der Waals surface area contributed by atoms with E-state index < -0.39 is 5.91 Å². The zero-order valence-corrected chi connectivity index (χ0v) is 16.9. The molecule has 0 saturated carbocycles. The van der Waals surface area contributed by atoms with Gasteiger partial charge in [0.15, 0.2) is 0 Å². The number of carbonyl (C=O) groups is 2. The number of thiazole rings is 1. The zero-order chi connectivity index (χ0) is 17.8. The van der Waals surface area contributed by atoms with E-state index >= 15 is 0 Å². The Morgan fingerprint density at radius 1 is 1.28 bits per heavy atom. The molecule has 0 aliphatic rings. The van der Waals surface area contributed by atoms with Gasteiger partial charge in [-0.15, -0.1) is 11.3 Å². The minimum atomic E-state index is -0.568. The van der Waals surface area contributed by atoms with E-state index in [-0.39, 0.29) is 4.69 Å². The number of amides is 2. The van der Waals surface area contributed by atoms with Crippen LogP contribution < -0.4 is 15.8 Å². The van der Waals surface area contributed by atoms with Crippen LogP contribution in [0.2, 0.25) is 0 Å². The molecule has 0 aliphatic carbocycles. The quantitative estimate of drug-likeness (QED) is 0.583. The first kappa shape index (κ1) is 17.7. The van der Waals surface area contributed by atoms with E-state index in [1.54, 1.807) is 11.6 Å². The number of anilines is 1. The van der Waals surface area contributed by atoms with E-state index in [1.165, 1.54) is 22.7 Å². The van der Waals surface area contributed by atoms with Crippen molar-refractivity contribution < 1.29 is 14.3 Å². The van der Waals surface area contributed by atoms with E-state index in [1.807, 2.05) is 29.6 Å². The van der Waals surface area contributed by atoms with E-state index in [4.69, 9.17) is 10.5 Å². The molecule has 3 rings (SSSR count). The summed E-state index contributed by atoms with van der Waals surface area (Å²) in [6, 6.07) is 9.19. The predicted molar refractivity (Wildman–Crippen MR) is 102 cm³/mol. The van der Waals surface area contributed by atoms with Gasteiger partial charge < -0.3 is 0 Å². The van der Waals surface area contributed by atoms with Gasteiger partial charge in [-0.2, -0.15) is 0 Å². The first-order valence-corrected chi connectivity index (χ1v) is 10.1. The van der Waals surface area contributed by atoms with Gasteiger partial charge in [-0.05, 0) is 0 Å². The van der Waals surface area contributed by atoms with Crippen molar-refractivity contribution in [2.75, 3.05) is 5.32 Å². The van der Waals surface area contributed by atoms with Crippen molar-refractivity contribution in [2.24, 2.45) is 5.73 Å². The van der Waals surface area contributed by atoms with Crippen molar-refractivity contribution in [3.05, 3.63) is 52.5 Å². The molecule has 25 heavy (non-hydrogen) atoms. The molecule has 0 saturated heterocycles. The van der Waals surface area contributed by atoms with Gasteiger partial charge in [-0.1, -0.05) is 0 Å². The molecule has 0 spiro atoms. The van der Waals surface area contributed by atoms with Crippen LogP contribution >= 0.6 is 22.7 Å². The zero-order valence-electron chi connectivity index (χ0n) is 12.9. The maximum absolute atomic E-state index is 11.6. The number of carbonyl (C=O) groups excluding carboxylic acids is 2. The van der Waals surface area contributed by atoms with Gasteiger partial charge >= 0.3 is 134 Å². The van der Waals surface area contributed by atoms with Gasteiger partial charge in [0.2, 0.25) is 0 Å². The molecule has 0 radical (unpaired) electrons. The molecule has 128 valence electrons. The van der Waals surface area contributed by atoms with Crippen LogP contribution in [0.3, 0.4) is 0 Å². The molecular formula is C16H14AsN3O3S2. The van der Waals surface area contributed by atoms with Gasteiger partial charge in [-0.3, -0.25) is 0 Å². The summed E-state index contributed by atoms with van der Waals surface area (Å²) in [6.45, 7) is 0.419. The first-order valence-electron chi connectivity index (χ1n) is 7.13. The Kier molecular flexibility index (Phi) is 5.53. The number of benzene rings is 1. The van der Waals surface area contributed by atoms with Crippen LogP contribution in [0, 0.1) is 0 Å². The molecule has 3 aromatic rings. The van der Waals surface area contributed by atoms with Crippen molar-refractivity contribution >= 4 is 55.1 Å². The second kappa shape index (κ2) is 7.82. The molecule has 3 N–H and O–H groups in total. The molecule has 2 aromatic heterocycles. The van der Waals surface area contributed by atoms with Gasteiger partial charge in [-0.25, -0.2) is 4.98 Å². The SMILES string of the molecule is NC(=O)c1cc(-c2ccc(OCc3cscn3)cc2)sc1NC(=O)[AsH2]. The summed E-state index contributed by atoms with van der Waals surface area (Å²) in [4.78, 5) is 27.9. The van der Waals surface area contributed by atoms with Crippen LogP contribution in [-0.4, -0.2) is 32.4 Å². The van der Waals surface area contributed by atoms with Crippen LogP contribution in [0.1, 0.15) is 16.1 Å². The molecule has 9 heteroatoms. The maximum atomic E-state index is 11.6. The molecule has 2 heterocycles. The fourth-order valence-corrected chi connectivity index (χ4v) is 4.24. The summed E-state index contributed by atoms with van der Waals surface area (Å²) < 4.78 is 5.49. The van der Waals surface area contributed by atoms with Crippen LogP contribution in [-0.2, 0) is 6.61 Å². The topological polar surface area (TPSA) is 94.3 Å². The Morgan fingerprint density at radius 3 is 2.64 bits per heavy atom. The van der Waals surface area contributed by atoms with Crippen LogP contribution in [0.4, 0.5) is 9.80 Å². The number of aromatic nitrogens is 1. The molecule has 2 amide bonds. The molecule has 1 aromatic carbocycles. The number of ether oxygens (including phenoxy) is 1. The normalized spacial score (nSPS) is 10.4. The Bertz CT molecular complexity index is 892. The monoisotopic (exact) mass is 435 g/mol. The second-order valence-electron chi connectivity index (χ2n) is 5.00. The second-order valence-corrected chi connectivity index (χ2v) is 7.87. The van der Waals surface area contributed by atoms with Crippen LogP contribution in [0.5, 0.6) is 5.75 Å². The molecular weight excluding hydrogens is 421 g/mol. The van der Waals surface area contributed by atoms with Gasteiger partial charge in [0.1, 0.15) is 0 Å². The Morgan fingerprint density at radius 2 is 2.04 bits per heavy atom. The van der Waals surface area contributed by atoms with Crippen LogP contribution in [0.15, 0.2) is 41.2 Å². The number of hydrogen-bond acceptors (Lipinski definition) is 6. The summed E-state index contributed by atoms with van der Waals surface area (Å²) in [5, 5.41) is 5.08. The standard InChI is InChI=1S/C16H14AsN3O3S2/c17-16(22)20-15-12(14(18)21)5-13(25-15)9-1-3-11(4-2-9)23-6-10-7-24-8-19-10/h1-5,7-8H,6,17H2,(H2,18,21)(H,20,22). The Labute approximate surface area is 160 Å². The number of nitrogens with two attached hydrogens (primary N) is 1. The van der Waals surface area contributed by atoms with Crippen molar-refractivity contribution in [2.45, 2.75) is 6.61 Å². The van der Waals surface area contributed by atoms with E-state index in [0.29, 0.717) is 17.2 Å².